The van der Waals surface area contributed by atoms with E-state index < -0.39 is 17.6 Å². The fraction of sp³-hybridized carbons (Fsp3) is 0.476. The van der Waals surface area contributed by atoms with Crippen molar-refractivity contribution in [2.24, 2.45) is 11.7 Å². The van der Waals surface area contributed by atoms with Gasteiger partial charge in [0.25, 0.3) is 5.91 Å². The lowest BCUT2D eigenvalue weighted by Crippen LogP contribution is -2.52. The third kappa shape index (κ3) is 4.71. The number of aromatic nitrogens is 2. The number of nitriles is 1. The van der Waals surface area contributed by atoms with E-state index in [0.717, 1.165) is 18.6 Å². The van der Waals surface area contributed by atoms with Gasteiger partial charge in [-0.1, -0.05) is 0 Å². The maximum Gasteiger partial charge on any atom is 0.416 e. The summed E-state index contributed by atoms with van der Waals surface area (Å²) in [5, 5.41) is 20.5. The van der Waals surface area contributed by atoms with Gasteiger partial charge in [0.15, 0.2) is 5.82 Å². The Morgan fingerprint density at radius 2 is 1.94 bits per heavy atom. The molecule has 170 valence electrons. The number of ether oxygens (including phenoxy) is 1. The summed E-state index contributed by atoms with van der Waals surface area (Å²) in [6.07, 6.45) is -0.775. The Hall–Kier alpha value is -3.10. The Morgan fingerprint density at radius 1 is 1.22 bits per heavy atom. The van der Waals surface area contributed by atoms with Crippen LogP contribution in [0.3, 0.4) is 0 Å². The zero-order valence-electron chi connectivity index (χ0n) is 17.1. The van der Waals surface area contributed by atoms with E-state index in [9.17, 15) is 23.2 Å². The first-order chi connectivity index (χ1) is 15.2. The quantitative estimate of drug-likeness (QED) is 0.625. The lowest BCUT2D eigenvalue weighted by atomic mass is 9.82. The second kappa shape index (κ2) is 8.80. The summed E-state index contributed by atoms with van der Waals surface area (Å²) in [6.45, 7) is 1.36. The van der Waals surface area contributed by atoms with Crippen LogP contribution in [0.25, 0.3) is 0 Å². The number of nitrogens with two attached hydrogens (primary N) is 1. The van der Waals surface area contributed by atoms with Gasteiger partial charge in [0.2, 0.25) is 0 Å². The molecule has 1 aliphatic heterocycles. The van der Waals surface area contributed by atoms with Gasteiger partial charge in [0.1, 0.15) is 5.56 Å². The average Bonchev–Trinajstić information content (AvgIpc) is 3.14. The minimum atomic E-state index is -4.44. The molecule has 32 heavy (non-hydrogen) atoms. The largest absolute Gasteiger partial charge is 0.416 e. The smallest absolute Gasteiger partial charge is 0.378 e. The molecule has 4 rings (SSSR count). The molecular formula is C21H23F3N6O2. The molecule has 0 bridgehead atoms. The summed E-state index contributed by atoms with van der Waals surface area (Å²) in [5.41, 5.74) is 5.15. The maximum absolute atomic E-state index is 12.8. The van der Waals surface area contributed by atoms with Crippen LogP contribution in [0.1, 0.15) is 41.2 Å². The highest BCUT2D eigenvalue weighted by Crippen LogP contribution is 2.35. The first-order valence-electron chi connectivity index (χ1n) is 10.3. The van der Waals surface area contributed by atoms with Crippen LogP contribution in [0.5, 0.6) is 0 Å². The number of alkyl halides is 3. The Morgan fingerprint density at radius 3 is 2.50 bits per heavy atom. The Balaban J connectivity index is 1.51. The lowest BCUT2D eigenvalue weighted by molar-refractivity contribution is -0.137. The first-order valence-corrected chi connectivity index (χ1v) is 10.3. The number of hydrogen-bond donors (Lipinski definition) is 3. The molecule has 1 aromatic carbocycles. The van der Waals surface area contributed by atoms with Crippen molar-refractivity contribution in [3.8, 4) is 6.07 Å². The van der Waals surface area contributed by atoms with E-state index in [-0.39, 0.29) is 29.4 Å². The molecule has 1 saturated heterocycles. The Labute approximate surface area is 182 Å². The highest BCUT2D eigenvalue weighted by Gasteiger charge is 2.35. The monoisotopic (exact) mass is 448 g/mol. The number of carbonyl (C=O) groups is 1. The molecule has 2 aliphatic rings. The van der Waals surface area contributed by atoms with Gasteiger partial charge < -0.3 is 21.1 Å². The summed E-state index contributed by atoms with van der Waals surface area (Å²) < 4.78 is 45.1. The molecule has 0 radical (unpaired) electrons. The average molecular weight is 448 g/mol. The molecule has 1 aromatic heterocycles. The van der Waals surface area contributed by atoms with E-state index in [0.29, 0.717) is 37.8 Å². The van der Waals surface area contributed by atoms with Crippen LogP contribution in [-0.2, 0) is 10.9 Å². The topological polar surface area (TPSA) is 118 Å². The predicted molar refractivity (Wildman–Crippen MR) is 109 cm³/mol. The Bertz CT molecular complexity index is 1010. The number of primary amides is 1. The summed E-state index contributed by atoms with van der Waals surface area (Å²) in [7, 11) is 0. The third-order valence-corrected chi connectivity index (χ3v) is 5.90. The molecule has 2 heterocycles. The number of rotatable bonds is 6. The van der Waals surface area contributed by atoms with Gasteiger partial charge in [-0.3, -0.25) is 9.48 Å². The zero-order valence-corrected chi connectivity index (χ0v) is 17.1. The van der Waals surface area contributed by atoms with Crippen LogP contribution in [0.2, 0.25) is 0 Å². The Kier molecular flexibility index (Phi) is 6.08. The molecule has 0 spiro atoms. The normalized spacial score (nSPS) is 23.9. The van der Waals surface area contributed by atoms with Crippen molar-refractivity contribution >= 4 is 17.4 Å². The number of carbonyl (C=O) groups excluding carboxylic acids is 1. The van der Waals surface area contributed by atoms with Crippen molar-refractivity contribution < 1.29 is 22.7 Å². The molecule has 4 N–H and O–H groups in total. The minimum absolute atomic E-state index is 0.105. The van der Waals surface area contributed by atoms with E-state index in [2.05, 4.69) is 21.8 Å². The van der Waals surface area contributed by atoms with Crippen molar-refractivity contribution in [1.29, 1.82) is 5.26 Å². The SMILES string of the molecule is N#CC1CC(NC2COC2)CCC1n1cc(C(N)=O)c(Nc2ccc(C(F)(F)F)cc2)n1. The lowest BCUT2D eigenvalue weighted by Gasteiger charge is -2.37. The van der Waals surface area contributed by atoms with Gasteiger partial charge in [0.05, 0.1) is 42.8 Å². The van der Waals surface area contributed by atoms with Crippen LogP contribution in [0, 0.1) is 17.2 Å². The van der Waals surface area contributed by atoms with Gasteiger partial charge in [-0.2, -0.15) is 23.5 Å². The van der Waals surface area contributed by atoms with E-state index in [4.69, 9.17) is 10.5 Å². The molecule has 2 fully saturated rings. The molecule has 3 unspecified atom stereocenters. The highest BCUT2D eigenvalue weighted by molar-refractivity contribution is 5.98. The molecule has 2 aromatic rings. The zero-order chi connectivity index (χ0) is 22.9. The van der Waals surface area contributed by atoms with E-state index in [1.807, 2.05) is 0 Å². The number of nitrogens with one attached hydrogen (secondary N) is 2. The summed E-state index contributed by atoms with van der Waals surface area (Å²) in [5.74, 6) is -0.901. The van der Waals surface area contributed by atoms with Crippen molar-refractivity contribution in [3.63, 3.8) is 0 Å². The molecule has 8 nitrogen and oxygen atoms in total. The summed E-state index contributed by atoms with van der Waals surface area (Å²) in [6, 6.07) is 7.03. The molecular weight excluding hydrogens is 425 g/mol. The van der Waals surface area contributed by atoms with E-state index in [1.165, 1.54) is 18.3 Å². The maximum atomic E-state index is 12.8. The van der Waals surface area contributed by atoms with Crippen molar-refractivity contribution in [3.05, 3.63) is 41.6 Å². The number of amides is 1. The van der Waals surface area contributed by atoms with Gasteiger partial charge in [-0.25, -0.2) is 0 Å². The standard InChI is InChI=1S/C21H23F3N6O2/c22-21(23,24)13-1-3-14(4-2-13)28-20-17(19(26)31)9-30(29-20)18-6-5-15(7-12(18)8-25)27-16-10-32-11-16/h1-4,9,12,15-16,18,27H,5-7,10-11H2,(H2,26,31)(H,28,29). The second-order valence-corrected chi connectivity index (χ2v) is 8.15. The van der Waals surface area contributed by atoms with E-state index in [1.54, 1.807) is 4.68 Å². The number of halogens is 3. The fourth-order valence-electron chi connectivity index (χ4n) is 4.14. The molecule has 11 heteroatoms. The van der Waals surface area contributed by atoms with Crippen LogP contribution < -0.4 is 16.4 Å². The van der Waals surface area contributed by atoms with Gasteiger partial charge in [-0.15, -0.1) is 0 Å². The van der Waals surface area contributed by atoms with Crippen LogP contribution >= 0.6 is 0 Å². The van der Waals surface area contributed by atoms with Crippen LogP contribution in [0.15, 0.2) is 30.5 Å². The summed E-state index contributed by atoms with van der Waals surface area (Å²) >= 11 is 0. The van der Waals surface area contributed by atoms with E-state index >= 15 is 0 Å². The highest BCUT2D eigenvalue weighted by atomic mass is 19.4. The van der Waals surface area contributed by atoms with Crippen LogP contribution in [-0.4, -0.2) is 41.0 Å². The van der Waals surface area contributed by atoms with Crippen molar-refractivity contribution in [2.45, 2.75) is 43.6 Å². The summed E-state index contributed by atoms with van der Waals surface area (Å²) in [4.78, 5) is 12.0. The third-order valence-electron chi connectivity index (χ3n) is 5.90. The van der Waals surface area contributed by atoms with Gasteiger partial charge in [-0.05, 0) is 43.5 Å². The number of anilines is 2. The predicted octanol–water partition coefficient (Wildman–Crippen LogP) is 2.97. The van der Waals surface area contributed by atoms with Gasteiger partial charge in [0, 0.05) is 17.9 Å². The molecule has 1 saturated carbocycles. The molecule has 1 amide bonds. The minimum Gasteiger partial charge on any atom is -0.378 e. The second-order valence-electron chi connectivity index (χ2n) is 8.15. The number of benzene rings is 1. The van der Waals surface area contributed by atoms with Gasteiger partial charge >= 0.3 is 6.18 Å². The van der Waals surface area contributed by atoms with Crippen molar-refractivity contribution in [1.82, 2.24) is 15.1 Å². The number of hydrogen-bond acceptors (Lipinski definition) is 6. The van der Waals surface area contributed by atoms with Crippen LogP contribution in [0.4, 0.5) is 24.7 Å². The van der Waals surface area contributed by atoms with Crippen molar-refractivity contribution in [2.75, 3.05) is 18.5 Å². The molecule has 3 atom stereocenters. The fourth-order valence-corrected chi connectivity index (χ4v) is 4.14. The molecule has 1 aliphatic carbocycles. The number of nitrogens with zero attached hydrogens (tertiary/aromatic N) is 3. The first kappa shape index (κ1) is 22.1.